The van der Waals surface area contributed by atoms with Crippen molar-refractivity contribution in [3.8, 4) is 11.1 Å². The maximum atomic E-state index is 14.2. The Labute approximate surface area is 273 Å². The van der Waals surface area contributed by atoms with Crippen LogP contribution in [0.4, 0.5) is 10.5 Å². The van der Waals surface area contributed by atoms with Gasteiger partial charge in [0.2, 0.25) is 11.8 Å². The van der Waals surface area contributed by atoms with Crippen molar-refractivity contribution in [2.45, 2.75) is 50.2 Å². The zero-order valence-electron chi connectivity index (χ0n) is 26.1. The molecule has 3 atom stereocenters. The molecule has 234 valence electrons. The lowest BCUT2D eigenvalue weighted by Gasteiger charge is -2.29. The standard InChI is InChI=1S/C40H35N3O4/c1-24(28-19-9-11-25-10-2-3-14-29(25)28)41-38(44)36-22-27-13-8-12-26-20-21-35(39(45)43(36)37(26)27)42-40(46)47-23-34-32-17-6-4-15-30(32)31-16-5-7-18-33(31)34/h2-19,24,34-36H,20-23H2,1H3,(H,41,44)(H,42,46)/t24-,35+,36+/m1/s1. The molecular weight excluding hydrogens is 586 g/mol. The third kappa shape index (κ3) is 5.03. The van der Waals surface area contributed by atoms with Crippen molar-refractivity contribution in [3.63, 3.8) is 0 Å². The van der Waals surface area contributed by atoms with Crippen LogP contribution in [0.15, 0.2) is 109 Å². The van der Waals surface area contributed by atoms with Crippen molar-refractivity contribution in [1.82, 2.24) is 10.6 Å². The van der Waals surface area contributed by atoms with Gasteiger partial charge < -0.3 is 15.4 Å². The molecule has 0 fully saturated rings. The lowest BCUT2D eigenvalue weighted by Crippen LogP contribution is -2.54. The number of hydrogen-bond acceptors (Lipinski definition) is 4. The molecule has 5 aromatic rings. The fourth-order valence-corrected chi connectivity index (χ4v) is 7.77. The van der Waals surface area contributed by atoms with E-state index in [4.69, 9.17) is 4.74 Å². The minimum atomic E-state index is -0.824. The Morgan fingerprint density at radius 2 is 1.49 bits per heavy atom. The van der Waals surface area contributed by atoms with Crippen LogP contribution >= 0.6 is 0 Å². The first-order valence-corrected chi connectivity index (χ1v) is 16.3. The van der Waals surface area contributed by atoms with Crippen LogP contribution in [0.5, 0.6) is 0 Å². The number of carbonyl (C=O) groups is 3. The Bertz CT molecular complexity index is 2000. The van der Waals surface area contributed by atoms with E-state index in [1.54, 1.807) is 4.90 Å². The summed E-state index contributed by atoms with van der Waals surface area (Å²) in [6.45, 7) is 2.13. The van der Waals surface area contributed by atoms with Crippen LogP contribution in [0.1, 0.15) is 53.1 Å². The highest BCUT2D eigenvalue weighted by Gasteiger charge is 2.44. The summed E-state index contributed by atoms with van der Waals surface area (Å²) < 4.78 is 5.80. The van der Waals surface area contributed by atoms with E-state index < -0.39 is 18.2 Å². The molecule has 2 N–H and O–H groups in total. The average Bonchev–Trinajstić information content (AvgIpc) is 3.61. The van der Waals surface area contributed by atoms with E-state index in [2.05, 4.69) is 53.1 Å². The van der Waals surface area contributed by atoms with Gasteiger partial charge in [-0.3, -0.25) is 14.5 Å². The summed E-state index contributed by atoms with van der Waals surface area (Å²) >= 11 is 0. The number of hydrogen-bond donors (Lipinski definition) is 2. The second-order valence-electron chi connectivity index (χ2n) is 12.7. The number of para-hydroxylation sites is 1. The molecule has 0 spiro atoms. The minimum absolute atomic E-state index is 0.0832. The highest BCUT2D eigenvalue weighted by Crippen LogP contribution is 2.44. The topological polar surface area (TPSA) is 87.7 Å². The van der Waals surface area contributed by atoms with Crippen LogP contribution in [0.3, 0.4) is 0 Å². The number of rotatable bonds is 6. The van der Waals surface area contributed by atoms with E-state index in [0.717, 1.165) is 55.4 Å². The second-order valence-corrected chi connectivity index (χ2v) is 12.7. The maximum Gasteiger partial charge on any atom is 0.407 e. The van der Waals surface area contributed by atoms with Crippen molar-refractivity contribution < 1.29 is 19.1 Å². The fourth-order valence-electron chi connectivity index (χ4n) is 7.77. The van der Waals surface area contributed by atoms with Crippen LogP contribution in [-0.2, 0) is 27.2 Å². The summed E-state index contributed by atoms with van der Waals surface area (Å²) in [5, 5.41) is 8.24. The summed E-state index contributed by atoms with van der Waals surface area (Å²) in [4.78, 5) is 43.1. The number of nitrogens with zero attached hydrogens (tertiary/aromatic N) is 1. The summed E-state index contributed by atoms with van der Waals surface area (Å²) in [7, 11) is 0. The highest BCUT2D eigenvalue weighted by molar-refractivity contribution is 6.07. The number of anilines is 1. The summed E-state index contributed by atoms with van der Waals surface area (Å²) in [6.07, 6.45) is 0.791. The number of carbonyl (C=O) groups excluding carboxylic acids is 3. The molecule has 5 aromatic carbocycles. The van der Waals surface area contributed by atoms with Gasteiger partial charge in [-0.1, -0.05) is 109 Å². The van der Waals surface area contributed by atoms with Crippen molar-refractivity contribution in [3.05, 3.63) is 137 Å². The smallest absolute Gasteiger partial charge is 0.407 e. The molecule has 0 saturated heterocycles. The lowest BCUT2D eigenvalue weighted by atomic mass is 9.98. The summed E-state index contributed by atoms with van der Waals surface area (Å²) in [5.74, 6) is -0.594. The van der Waals surface area contributed by atoms with Gasteiger partial charge in [0, 0.05) is 12.3 Å². The van der Waals surface area contributed by atoms with Gasteiger partial charge in [0.25, 0.3) is 0 Å². The van der Waals surface area contributed by atoms with Gasteiger partial charge >= 0.3 is 6.09 Å². The van der Waals surface area contributed by atoms with Crippen molar-refractivity contribution in [2.75, 3.05) is 11.5 Å². The van der Waals surface area contributed by atoms with E-state index >= 15 is 0 Å². The number of ether oxygens (including phenoxy) is 1. The SMILES string of the molecule is C[C@@H](NC(=O)[C@@H]1Cc2cccc3c2N1C(=O)[C@@H](NC(=O)OCC1c2ccccc2-c2ccccc21)CC3)c1cccc2ccccc12. The average molecular weight is 622 g/mol. The Balaban J connectivity index is 0.997. The highest BCUT2D eigenvalue weighted by atomic mass is 16.5. The van der Waals surface area contributed by atoms with Crippen LogP contribution in [-0.4, -0.2) is 36.6 Å². The molecule has 3 amide bonds. The number of amides is 3. The van der Waals surface area contributed by atoms with E-state index in [0.29, 0.717) is 19.3 Å². The van der Waals surface area contributed by atoms with Gasteiger partial charge in [0.05, 0.1) is 11.7 Å². The first-order chi connectivity index (χ1) is 23.0. The van der Waals surface area contributed by atoms with Crippen LogP contribution in [0.2, 0.25) is 0 Å². The first-order valence-electron chi connectivity index (χ1n) is 16.3. The number of fused-ring (bicyclic) bond motifs is 4. The first kappa shape index (κ1) is 29.0. The number of nitrogens with one attached hydrogen (secondary N) is 2. The number of aryl methyl sites for hydroxylation is 1. The molecule has 0 bridgehead atoms. The third-order valence-electron chi connectivity index (χ3n) is 9.99. The van der Waals surface area contributed by atoms with Gasteiger partial charge in [-0.25, -0.2) is 4.79 Å². The Morgan fingerprint density at radius 3 is 2.28 bits per heavy atom. The minimum Gasteiger partial charge on any atom is -0.449 e. The Morgan fingerprint density at radius 1 is 0.830 bits per heavy atom. The molecule has 2 aliphatic heterocycles. The predicted molar refractivity (Wildman–Crippen MR) is 182 cm³/mol. The normalized spacial score (nSPS) is 18.6. The second kappa shape index (κ2) is 11.7. The predicted octanol–water partition coefficient (Wildman–Crippen LogP) is 6.83. The Kier molecular flexibility index (Phi) is 7.24. The molecule has 8 rings (SSSR count). The van der Waals surface area contributed by atoms with Crippen LogP contribution in [0, 0.1) is 0 Å². The van der Waals surface area contributed by atoms with Gasteiger partial charge in [0.15, 0.2) is 0 Å². The van der Waals surface area contributed by atoms with Gasteiger partial charge in [-0.2, -0.15) is 0 Å². The maximum absolute atomic E-state index is 14.2. The summed E-state index contributed by atoms with van der Waals surface area (Å²) in [5.41, 5.74) is 8.34. The largest absolute Gasteiger partial charge is 0.449 e. The zero-order chi connectivity index (χ0) is 32.1. The number of alkyl carbamates (subject to hydrolysis) is 1. The van der Waals surface area contributed by atoms with E-state index in [1.807, 2.05) is 73.7 Å². The third-order valence-corrected chi connectivity index (χ3v) is 9.99. The molecule has 1 aliphatic carbocycles. The van der Waals surface area contributed by atoms with Gasteiger partial charge in [0.1, 0.15) is 18.7 Å². The van der Waals surface area contributed by atoms with Crippen molar-refractivity contribution in [2.24, 2.45) is 0 Å². The summed E-state index contributed by atoms with van der Waals surface area (Å²) in [6, 6.07) is 34.7. The molecular formula is C40H35N3O4. The molecule has 0 aromatic heterocycles. The van der Waals surface area contributed by atoms with E-state index in [1.165, 1.54) is 0 Å². The van der Waals surface area contributed by atoms with Gasteiger partial charge in [-0.15, -0.1) is 0 Å². The molecule has 47 heavy (non-hydrogen) atoms. The molecule has 7 nitrogen and oxygen atoms in total. The molecule has 2 heterocycles. The molecule has 0 radical (unpaired) electrons. The molecule has 3 aliphatic rings. The van der Waals surface area contributed by atoms with E-state index in [-0.39, 0.29) is 30.4 Å². The fraction of sp³-hybridized carbons (Fsp3) is 0.225. The molecule has 0 unspecified atom stereocenters. The van der Waals surface area contributed by atoms with E-state index in [9.17, 15) is 14.4 Å². The van der Waals surface area contributed by atoms with Crippen LogP contribution < -0.4 is 15.5 Å². The van der Waals surface area contributed by atoms with Gasteiger partial charge in [-0.05, 0) is 69.5 Å². The Hall–Kier alpha value is -5.43. The monoisotopic (exact) mass is 621 g/mol. The zero-order valence-corrected chi connectivity index (χ0v) is 26.1. The quantitative estimate of drug-likeness (QED) is 0.218. The van der Waals surface area contributed by atoms with Crippen molar-refractivity contribution in [1.29, 1.82) is 0 Å². The lowest BCUT2D eigenvalue weighted by molar-refractivity contribution is -0.127. The number of benzene rings is 5. The molecule has 0 saturated carbocycles. The van der Waals surface area contributed by atoms with Crippen LogP contribution in [0.25, 0.3) is 21.9 Å². The molecule has 7 heteroatoms. The van der Waals surface area contributed by atoms with Crippen molar-refractivity contribution >= 4 is 34.4 Å².